The van der Waals surface area contributed by atoms with Gasteiger partial charge < -0.3 is 15.2 Å². The van der Waals surface area contributed by atoms with Gasteiger partial charge in [-0.25, -0.2) is 4.79 Å². The molecule has 0 radical (unpaired) electrons. The summed E-state index contributed by atoms with van der Waals surface area (Å²) in [6.07, 6.45) is 3.58. The number of ether oxygens (including phenoxy) is 1. The molecule has 2 N–H and O–H groups in total. The van der Waals surface area contributed by atoms with Crippen molar-refractivity contribution in [1.29, 1.82) is 0 Å². The lowest BCUT2D eigenvalue weighted by atomic mass is 10.1. The maximum atomic E-state index is 12.2. The molecule has 1 aromatic heterocycles. The fourth-order valence-electron chi connectivity index (χ4n) is 2.47. The quantitative estimate of drug-likeness (QED) is 0.836. The third kappa shape index (κ3) is 3.51. The van der Waals surface area contributed by atoms with Gasteiger partial charge >= 0.3 is 5.97 Å². The standard InChI is InChI=1S/C16H16ClN3O4/c1-24-14-7-13(10(6-11(14)17)9-2-3-9)18-15(21)8-20-5-4-12(19-20)16(22)23/h4-7,9H,2-3,8H2,1H3,(H,18,21)(H,22,23). The Labute approximate surface area is 143 Å². The van der Waals surface area contributed by atoms with Crippen molar-refractivity contribution in [3.05, 3.63) is 40.7 Å². The monoisotopic (exact) mass is 349 g/mol. The van der Waals surface area contributed by atoms with E-state index in [1.807, 2.05) is 6.07 Å². The number of rotatable bonds is 6. The first-order valence-electron chi connectivity index (χ1n) is 7.42. The molecule has 0 spiro atoms. The highest BCUT2D eigenvalue weighted by Crippen LogP contribution is 2.46. The van der Waals surface area contributed by atoms with E-state index in [9.17, 15) is 9.59 Å². The molecule has 0 atom stereocenters. The summed E-state index contributed by atoms with van der Waals surface area (Å²) in [5.41, 5.74) is 1.55. The van der Waals surface area contributed by atoms with Gasteiger partial charge in [-0.15, -0.1) is 0 Å². The Bertz CT molecular complexity index is 799. The van der Waals surface area contributed by atoms with Crippen LogP contribution in [0.5, 0.6) is 5.75 Å². The Kier molecular flexibility index (Phi) is 4.44. The van der Waals surface area contributed by atoms with Gasteiger partial charge in [0.15, 0.2) is 5.69 Å². The van der Waals surface area contributed by atoms with Crippen LogP contribution < -0.4 is 10.1 Å². The summed E-state index contributed by atoms with van der Waals surface area (Å²) >= 11 is 6.16. The highest BCUT2D eigenvalue weighted by atomic mass is 35.5. The molecule has 24 heavy (non-hydrogen) atoms. The van der Waals surface area contributed by atoms with E-state index in [1.54, 1.807) is 6.07 Å². The van der Waals surface area contributed by atoms with Crippen LogP contribution >= 0.6 is 11.6 Å². The number of carbonyl (C=O) groups is 2. The fourth-order valence-corrected chi connectivity index (χ4v) is 2.72. The van der Waals surface area contributed by atoms with Crippen molar-refractivity contribution < 1.29 is 19.4 Å². The molecule has 7 nitrogen and oxygen atoms in total. The van der Waals surface area contributed by atoms with Gasteiger partial charge in [0.05, 0.1) is 12.1 Å². The fraction of sp³-hybridized carbons (Fsp3) is 0.312. The molecule has 2 aromatic rings. The number of amides is 1. The summed E-state index contributed by atoms with van der Waals surface area (Å²) in [5, 5.41) is 16.0. The second kappa shape index (κ2) is 6.52. The SMILES string of the molecule is COc1cc(NC(=O)Cn2ccc(C(=O)O)n2)c(C2CC2)cc1Cl. The molecule has 0 aliphatic heterocycles. The van der Waals surface area contributed by atoms with Crippen molar-refractivity contribution in [2.45, 2.75) is 25.3 Å². The second-order valence-electron chi connectivity index (χ2n) is 5.60. The molecule has 1 heterocycles. The first-order chi connectivity index (χ1) is 11.5. The summed E-state index contributed by atoms with van der Waals surface area (Å²) < 4.78 is 6.48. The van der Waals surface area contributed by atoms with E-state index in [-0.39, 0.29) is 18.1 Å². The highest BCUT2D eigenvalue weighted by molar-refractivity contribution is 6.32. The van der Waals surface area contributed by atoms with Crippen LogP contribution in [0, 0.1) is 0 Å². The van der Waals surface area contributed by atoms with Crippen molar-refractivity contribution in [3.8, 4) is 5.75 Å². The maximum absolute atomic E-state index is 12.2. The number of nitrogens with zero attached hydrogens (tertiary/aromatic N) is 2. The van der Waals surface area contributed by atoms with Gasteiger partial charge in [0, 0.05) is 18.0 Å². The van der Waals surface area contributed by atoms with Crippen LogP contribution in [-0.2, 0) is 11.3 Å². The van der Waals surface area contributed by atoms with E-state index in [2.05, 4.69) is 10.4 Å². The molecule has 0 saturated heterocycles. The van der Waals surface area contributed by atoms with Gasteiger partial charge in [-0.1, -0.05) is 11.6 Å². The van der Waals surface area contributed by atoms with Gasteiger partial charge in [-0.2, -0.15) is 5.10 Å². The van der Waals surface area contributed by atoms with Crippen molar-refractivity contribution in [2.24, 2.45) is 0 Å². The average Bonchev–Trinajstić information content (AvgIpc) is 3.27. The van der Waals surface area contributed by atoms with Crippen molar-refractivity contribution >= 4 is 29.2 Å². The topological polar surface area (TPSA) is 93.5 Å². The van der Waals surface area contributed by atoms with Crippen LogP contribution in [-0.4, -0.2) is 33.9 Å². The molecule has 1 fully saturated rings. The molecule has 0 bridgehead atoms. The van der Waals surface area contributed by atoms with Crippen LogP contribution in [0.4, 0.5) is 5.69 Å². The largest absolute Gasteiger partial charge is 0.495 e. The minimum absolute atomic E-state index is 0.0810. The summed E-state index contributed by atoms with van der Waals surface area (Å²) in [6, 6.07) is 4.88. The Hall–Kier alpha value is -2.54. The third-order valence-electron chi connectivity index (χ3n) is 3.78. The molecule has 8 heteroatoms. The number of halogens is 1. The first kappa shape index (κ1) is 16.3. The third-order valence-corrected chi connectivity index (χ3v) is 4.08. The predicted octanol–water partition coefficient (Wildman–Crippen LogP) is 2.76. The number of nitrogens with one attached hydrogen (secondary N) is 1. The molecule has 1 amide bonds. The molecule has 1 aliphatic carbocycles. The van der Waals surface area contributed by atoms with Gasteiger partial charge in [-0.05, 0) is 36.5 Å². The Morgan fingerprint density at radius 1 is 1.46 bits per heavy atom. The van der Waals surface area contributed by atoms with Gasteiger partial charge in [-0.3, -0.25) is 9.48 Å². The molecule has 3 rings (SSSR count). The number of anilines is 1. The summed E-state index contributed by atoms with van der Waals surface area (Å²) in [4.78, 5) is 23.1. The van der Waals surface area contributed by atoms with Crippen LogP contribution in [0.15, 0.2) is 24.4 Å². The average molecular weight is 350 g/mol. The second-order valence-corrected chi connectivity index (χ2v) is 6.01. The number of carboxylic acids is 1. The first-order valence-corrected chi connectivity index (χ1v) is 7.79. The normalized spacial score (nSPS) is 13.6. The maximum Gasteiger partial charge on any atom is 0.356 e. The molecule has 1 aromatic carbocycles. The van der Waals surface area contributed by atoms with Crippen LogP contribution in [0.25, 0.3) is 0 Å². The predicted molar refractivity (Wildman–Crippen MR) is 87.8 cm³/mol. The lowest BCUT2D eigenvalue weighted by molar-refractivity contribution is -0.116. The number of aromatic carboxylic acids is 1. The lowest BCUT2D eigenvalue weighted by Crippen LogP contribution is -2.20. The summed E-state index contributed by atoms with van der Waals surface area (Å²) in [5.74, 6) is -0.551. The van der Waals surface area contributed by atoms with Crippen molar-refractivity contribution in [1.82, 2.24) is 9.78 Å². The van der Waals surface area contributed by atoms with E-state index in [0.29, 0.717) is 22.4 Å². The van der Waals surface area contributed by atoms with E-state index in [1.165, 1.54) is 24.1 Å². The van der Waals surface area contributed by atoms with E-state index < -0.39 is 5.97 Å². The van der Waals surface area contributed by atoms with Gasteiger partial charge in [0.25, 0.3) is 0 Å². The number of hydrogen-bond acceptors (Lipinski definition) is 4. The smallest absolute Gasteiger partial charge is 0.356 e. The zero-order chi connectivity index (χ0) is 17.3. The summed E-state index contributed by atoms with van der Waals surface area (Å²) in [7, 11) is 1.51. The number of hydrogen-bond donors (Lipinski definition) is 2. The molecule has 1 aliphatic rings. The molecular formula is C16H16ClN3O4. The zero-order valence-electron chi connectivity index (χ0n) is 13.0. The Balaban J connectivity index is 1.76. The van der Waals surface area contributed by atoms with Crippen molar-refractivity contribution in [2.75, 3.05) is 12.4 Å². The molecule has 0 unspecified atom stereocenters. The molecule has 1 saturated carbocycles. The van der Waals surface area contributed by atoms with Gasteiger partial charge in [0.2, 0.25) is 5.91 Å². The molecule has 126 valence electrons. The van der Waals surface area contributed by atoms with Crippen LogP contribution in [0.3, 0.4) is 0 Å². The van der Waals surface area contributed by atoms with Gasteiger partial charge in [0.1, 0.15) is 12.3 Å². The number of benzene rings is 1. The number of carboxylic acid groups (broad SMARTS) is 1. The summed E-state index contributed by atoms with van der Waals surface area (Å²) in [6.45, 7) is -0.0810. The number of methoxy groups -OCH3 is 1. The van der Waals surface area contributed by atoms with Crippen LogP contribution in [0.1, 0.15) is 34.8 Å². The lowest BCUT2D eigenvalue weighted by Gasteiger charge is -2.14. The van der Waals surface area contributed by atoms with E-state index >= 15 is 0 Å². The molecular weight excluding hydrogens is 334 g/mol. The van der Waals surface area contributed by atoms with E-state index in [0.717, 1.165) is 18.4 Å². The minimum Gasteiger partial charge on any atom is -0.495 e. The van der Waals surface area contributed by atoms with Crippen LogP contribution in [0.2, 0.25) is 5.02 Å². The Morgan fingerprint density at radius 2 is 2.21 bits per heavy atom. The van der Waals surface area contributed by atoms with Crippen molar-refractivity contribution in [3.63, 3.8) is 0 Å². The number of carbonyl (C=O) groups excluding carboxylic acids is 1. The zero-order valence-corrected chi connectivity index (χ0v) is 13.7. The number of aromatic nitrogens is 2. The van der Waals surface area contributed by atoms with E-state index in [4.69, 9.17) is 21.4 Å². The minimum atomic E-state index is -1.13. The highest BCUT2D eigenvalue weighted by Gasteiger charge is 2.28. The Morgan fingerprint density at radius 3 is 2.79 bits per heavy atom.